The van der Waals surface area contributed by atoms with E-state index in [1.807, 2.05) is 0 Å². The number of carbonyl (C=O) groups is 2. The Labute approximate surface area is 207 Å². The van der Waals surface area contributed by atoms with Crippen LogP contribution in [-0.4, -0.2) is 35.7 Å². The third-order valence-electron chi connectivity index (χ3n) is 4.21. The topological polar surface area (TPSA) is 85.2 Å². The van der Waals surface area contributed by atoms with Crippen LogP contribution in [0.15, 0.2) is 62.1 Å². The van der Waals surface area contributed by atoms with Crippen LogP contribution in [-0.2, 0) is 9.53 Å². The monoisotopic (exact) mass is 555 g/mol. The van der Waals surface area contributed by atoms with Crippen LogP contribution in [0.1, 0.15) is 22.8 Å². The molecule has 32 heavy (non-hydrogen) atoms. The van der Waals surface area contributed by atoms with Gasteiger partial charge in [-0.05, 0) is 37.3 Å². The van der Waals surface area contributed by atoms with Gasteiger partial charge < -0.3 is 14.6 Å². The molecule has 1 amide bonds. The van der Waals surface area contributed by atoms with Gasteiger partial charge >= 0.3 is 5.97 Å². The molecule has 0 aromatic heterocycles. The lowest BCUT2D eigenvalue weighted by molar-refractivity contribution is -0.138. The van der Waals surface area contributed by atoms with Gasteiger partial charge in [0.15, 0.2) is 0 Å². The van der Waals surface area contributed by atoms with E-state index in [-0.39, 0.29) is 38.5 Å². The average molecular weight is 557 g/mol. The van der Waals surface area contributed by atoms with Gasteiger partial charge in [-0.25, -0.2) is 9.79 Å². The number of hydrogen-bond donors (Lipinski definition) is 1. The molecule has 2 aromatic carbocycles. The van der Waals surface area contributed by atoms with Crippen LogP contribution in [0.4, 0.5) is 0 Å². The van der Waals surface area contributed by atoms with Crippen molar-refractivity contribution in [1.29, 1.82) is 0 Å². The minimum Gasteiger partial charge on any atom is -0.506 e. The molecule has 1 N–H and O–H groups in total. The highest BCUT2D eigenvalue weighted by Gasteiger charge is 2.34. The Morgan fingerprint density at radius 2 is 1.94 bits per heavy atom. The van der Waals surface area contributed by atoms with Gasteiger partial charge in [0.2, 0.25) is 0 Å². The number of rotatable bonds is 5. The minimum atomic E-state index is -0.800. The lowest BCUT2D eigenvalue weighted by Crippen LogP contribution is -2.14. The highest BCUT2D eigenvalue weighted by molar-refractivity contribution is 9.10. The summed E-state index contributed by atoms with van der Waals surface area (Å²) in [6, 6.07) is 9.82. The largest absolute Gasteiger partial charge is 0.506 e. The molecule has 10 heteroatoms. The SMILES string of the molecule is CCOC(=O)C1=C(O)/C(=C/c2cc(Br)cc(Cl)c2OC)SC1=NC(=O)c1ccccc1Cl. The second-order valence-electron chi connectivity index (χ2n) is 6.27. The fraction of sp³-hybridized carbons (Fsp3) is 0.136. The highest BCUT2D eigenvalue weighted by Crippen LogP contribution is 2.42. The Bertz CT molecular complexity index is 1190. The molecule has 1 heterocycles. The first-order chi connectivity index (χ1) is 15.3. The van der Waals surface area contributed by atoms with Crippen molar-refractivity contribution in [3.05, 3.63) is 78.3 Å². The van der Waals surface area contributed by atoms with E-state index < -0.39 is 11.9 Å². The Kier molecular flexibility index (Phi) is 8.05. The molecule has 1 aliphatic rings. The quantitative estimate of drug-likeness (QED) is 0.425. The number of aliphatic hydroxyl groups excluding tert-OH is 1. The summed E-state index contributed by atoms with van der Waals surface area (Å²) in [5, 5.41) is 11.4. The summed E-state index contributed by atoms with van der Waals surface area (Å²) in [4.78, 5) is 29.5. The summed E-state index contributed by atoms with van der Waals surface area (Å²) >= 11 is 16.6. The van der Waals surface area contributed by atoms with Crippen molar-refractivity contribution in [1.82, 2.24) is 0 Å². The third-order valence-corrected chi connectivity index (χ3v) is 6.29. The predicted octanol–water partition coefficient (Wildman–Crippen LogP) is 6.47. The summed E-state index contributed by atoms with van der Waals surface area (Å²) in [5.74, 6) is -1.44. The Morgan fingerprint density at radius 1 is 1.22 bits per heavy atom. The zero-order chi connectivity index (χ0) is 23.4. The van der Waals surface area contributed by atoms with E-state index in [1.54, 1.807) is 43.3 Å². The fourth-order valence-corrected chi connectivity index (χ4v) is 4.95. The molecule has 0 atom stereocenters. The van der Waals surface area contributed by atoms with Crippen molar-refractivity contribution >= 4 is 73.9 Å². The maximum absolute atomic E-state index is 12.7. The summed E-state index contributed by atoms with van der Waals surface area (Å²) in [5.41, 5.74) is 0.509. The first-order valence-electron chi connectivity index (χ1n) is 9.18. The first kappa shape index (κ1) is 24.4. The van der Waals surface area contributed by atoms with E-state index in [4.69, 9.17) is 32.7 Å². The average Bonchev–Trinajstić information content (AvgIpc) is 3.03. The maximum Gasteiger partial charge on any atom is 0.344 e. The minimum absolute atomic E-state index is 0.00261. The van der Waals surface area contributed by atoms with Crippen molar-refractivity contribution in [2.75, 3.05) is 13.7 Å². The Balaban J connectivity index is 2.10. The molecule has 0 fully saturated rings. The van der Waals surface area contributed by atoms with Gasteiger partial charge in [-0.3, -0.25) is 4.79 Å². The van der Waals surface area contributed by atoms with Gasteiger partial charge in [0.1, 0.15) is 22.1 Å². The number of nitrogens with zero attached hydrogens (tertiary/aromatic N) is 1. The zero-order valence-corrected chi connectivity index (χ0v) is 20.7. The van der Waals surface area contributed by atoms with Gasteiger partial charge in [0, 0.05) is 10.0 Å². The van der Waals surface area contributed by atoms with Crippen LogP contribution in [0.25, 0.3) is 6.08 Å². The van der Waals surface area contributed by atoms with Gasteiger partial charge in [-0.15, -0.1) is 0 Å². The number of carbonyl (C=O) groups excluding carboxylic acids is 2. The molecule has 0 saturated carbocycles. The number of methoxy groups -OCH3 is 1. The van der Waals surface area contributed by atoms with Crippen molar-refractivity contribution < 1.29 is 24.2 Å². The third kappa shape index (κ3) is 5.20. The second kappa shape index (κ2) is 10.6. The fourth-order valence-electron chi connectivity index (χ4n) is 2.82. The standard InChI is InChI=1S/C22H16BrCl2NO5S/c1-3-31-22(29)17-18(27)16(9-11-8-12(23)10-15(25)19(11)30-2)32-21(17)26-20(28)13-6-4-5-7-14(13)24/h4-10,27H,3H2,1-2H3/b16-9-,26-21?. The Morgan fingerprint density at radius 3 is 2.59 bits per heavy atom. The predicted molar refractivity (Wildman–Crippen MR) is 131 cm³/mol. The van der Waals surface area contributed by atoms with Crippen molar-refractivity contribution in [2.45, 2.75) is 6.92 Å². The molecule has 0 saturated heterocycles. The van der Waals surface area contributed by atoms with E-state index in [9.17, 15) is 14.7 Å². The zero-order valence-electron chi connectivity index (χ0n) is 16.8. The Hall–Kier alpha value is -2.26. The van der Waals surface area contributed by atoms with E-state index in [1.165, 1.54) is 13.2 Å². The summed E-state index contributed by atoms with van der Waals surface area (Å²) in [6.07, 6.45) is 1.58. The van der Waals surface area contributed by atoms with Crippen molar-refractivity contribution in [3.8, 4) is 5.75 Å². The van der Waals surface area contributed by atoms with Gasteiger partial charge in [0.05, 0.1) is 34.2 Å². The van der Waals surface area contributed by atoms with Crippen LogP contribution in [0, 0.1) is 0 Å². The first-order valence-corrected chi connectivity index (χ1v) is 11.5. The van der Waals surface area contributed by atoms with Crippen molar-refractivity contribution in [2.24, 2.45) is 4.99 Å². The molecule has 0 bridgehead atoms. The lowest BCUT2D eigenvalue weighted by Gasteiger charge is -2.09. The van der Waals surface area contributed by atoms with Crippen LogP contribution in [0.2, 0.25) is 10.0 Å². The molecule has 1 aliphatic heterocycles. The van der Waals surface area contributed by atoms with Crippen LogP contribution in [0.5, 0.6) is 5.75 Å². The maximum atomic E-state index is 12.7. The molecule has 2 aromatic rings. The second-order valence-corrected chi connectivity index (χ2v) is 9.03. The molecule has 166 valence electrons. The number of aliphatic hydroxyl groups is 1. The number of halogens is 3. The van der Waals surface area contributed by atoms with E-state index in [2.05, 4.69) is 20.9 Å². The summed E-state index contributed by atoms with van der Waals surface area (Å²) in [6.45, 7) is 1.72. The summed E-state index contributed by atoms with van der Waals surface area (Å²) < 4.78 is 11.1. The molecule has 0 radical (unpaired) electrons. The molecule has 6 nitrogen and oxygen atoms in total. The molecular weight excluding hydrogens is 541 g/mol. The van der Waals surface area contributed by atoms with Gasteiger partial charge in [0.25, 0.3) is 5.91 Å². The van der Waals surface area contributed by atoms with Crippen LogP contribution >= 0.6 is 50.9 Å². The number of thioether (sulfide) groups is 1. The summed E-state index contributed by atoms with van der Waals surface area (Å²) in [7, 11) is 1.47. The van der Waals surface area contributed by atoms with Gasteiger partial charge in [-0.1, -0.05) is 63.0 Å². The molecule has 0 spiro atoms. The van der Waals surface area contributed by atoms with Gasteiger partial charge in [-0.2, -0.15) is 0 Å². The molecule has 0 aliphatic carbocycles. The number of ether oxygens (including phenoxy) is 2. The number of aliphatic imine (C=N–C) groups is 1. The number of amides is 1. The smallest absolute Gasteiger partial charge is 0.344 e. The normalized spacial score (nSPS) is 16.0. The molecular formula is C22H16BrCl2NO5S. The van der Waals surface area contributed by atoms with Crippen LogP contribution < -0.4 is 4.74 Å². The van der Waals surface area contributed by atoms with E-state index >= 15 is 0 Å². The highest BCUT2D eigenvalue weighted by atomic mass is 79.9. The molecule has 3 rings (SSSR count). The van der Waals surface area contributed by atoms with E-state index in [0.29, 0.717) is 20.8 Å². The molecule has 0 unspecified atom stereocenters. The van der Waals surface area contributed by atoms with Crippen molar-refractivity contribution in [3.63, 3.8) is 0 Å². The number of hydrogen-bond acceptors (Lipinski definition) is 6. The lowest BCUT2D eigenvalue weighted by atomic mass is 10.1. The number of benzene rings is 2. The number of esters is 1. The van der Waals surface area contributed by atoms with Crippen LogP contribution in [0.3, 0.4) is 0 Å². The van der Waals surface area contributed by atoms with E-state index in [0.717, 1.165) is 11.8 Å².